The van der Waals surface area contributed by atoms with E-state index in [9.17, 15) is 0 Å². The maximum atomic E-state index is 3.19. The molecule has 0 aromatic heterocycles. The van der Waals surface area contributed by atoms with Gasteiger partial charge in [-0.2, -0.15) is 11.1 Å². The van der Waals surface area contributed by atoms with E-state index in [1.807, 2.05) is 6.07 Å². The monoisotopic (exact) mass is 381 g/mol. The minimum absolute atomic E-state index is 0. The van der Waals surface area contributed by atoms with Gasteiger partial charge in [-0.05, 0) is 0 Å². The second-order valence-corrected chi connectivity index (χ2v) is 6.32. The molecule has 0 nitrogen and oxygen atoms in total. The van der Waals surface area contributed by atoms with E-state index >= 15 is 0 Å². The Morgan fingerprint density at radius 3 is 1.43 bits per heavy atom. The van der Waals surface area contributed by atoms with E-state index < -0.39 is 0 Å². The van der Waals surface area contributed by atoms with Crippen molar-refractivity contribution in [1.82, 2.24) is 0 Å². The van der Waals surface area contributed by atoms with Gasteiger partial charge in [0.1, 0.15) is 0 Å². The van der Waals surface area contributed by atoms with Crippen LogP contribution in [0.25, 0.3) is 0 Å². The van der Waals surface area contributed by atoms with Crippen LogP contribution in [0.15, 0.2) is 64.8 Å². The molecule has 0 aliphatic heterocycles. The molecule has 0 atom stereocenters. The molecule has 1 heteroatoms. The molecule has 3 rings (SSSR count). The van der Waals surface area contributed by atoms with E-state index in [4.69, 9.17) is 0 Å². The van der Waals surface area contributed by atoms with Crippen molar-refractivity contribution < 1.29 is 24.2 Å². The summed E-state index contributed by atoms with van der Waals surface area (Å²) in [4.78, 5) is 0. The van der Waals surface area contributed by atoms with Crippen LogP contribution >= 0.6 is 0 Å². The fourth-order valence-corrected chi connectivity index (χ4v) is 2.52. The van der Waals surface area contributed by atoms with Crippen molar-refractivity contribution in [3.05, 3.63) is 89.9 Å². The van der Waals surface area contributed by atoms with Crippen LogP contribution in [0.4, 0.5) is 0 Å². The van der Waals surface area contributed by atoms with Crippen LogP contribution in [0, 0.1) is 19.6 Å². The summed E-state index contributed by atoms with van der Waals surface area (Å²) in [5.41, 5.74) is 6.76. The Bertz CT molecular complexity index is 564. The van der Waals surface area contributed by atoms with Crippen LogP contribution in [0.2, 0.25) is 0 Å². The molecule has 23 heavy (non-hydrogen) atoms. The third-order valence-corrected chi connectivity index (χ3v) is 4.00. The number of allylic oxidation sites excluding steroid dienone is 8. The van der Waals surface area contributed by atoms with Crippen LogP contribution in [0.3, 0.4) is 0 Å². The summed E-state index contributed by atoms with van der Waals surface area (Å²) in [6.07, 6.45) is 12.8. The van der Waals surface area contributed by atoms with Gasteiger partial charge in [-0.25, -0.2) is 23.3 Å². The zero-order chi connectivity index (χ0) is 16.4. The standard InChI is InChI=1S/2C7H9.C7H6.CH3.Zr/c2*1-6-3-4-7(2)5-6;1-7-5-3-2-4-6-7;;/h2*5H,3H2,1-2H3;1-6H;1H3;/q2*-1;;-1;. The van der Waals surface area contributed by atoms with Crippen molar-refractivity contribution >= 4 is 3.71 Å². The van der Waals surface area contributed by atoms with Crippen molar-refractivity contribution in [3.63, 3.8) is 0 Å². The van der Waals surface area contributed by atoms with E-state index in [2.05, 4.69) is 80.0 Å². The Labute approximate surface area is 158 Å². The van der Waals surface area contributed by atoms with Gasteiger partial charge in [0.15, 0.2) is 0 Å². The summed E-state index contributed by atoms with van der Waals surface area (Å²) in [6.45, 7) is 8.42. The van der Waals surface area contributed by atoms with E-state index in [0.29, 0.717) is 0 Å². The summed E-state index contributed by atoms with van der Waals surface area (Å²) in [5.74, 6) is 0. The molecule has 0 amide bonds. The maximum absolute atomic E-state index is 3.19. The molecule has 2 aliphatic carbocycles. The van der Waals surface area contributed by atoms with Crippen molar-refractivity contribution in [3.8, 4) is 0 Å². The summed E-state index contributed by atoms with van der Waals surface area (Å²) in [6, 6.07) is 10.3. The number of hydrogen-bond donors (Lipinski definition) is 0. The molecule has 0 spiro atoms. The first kappa shape index (κ1) is 21.9. The Balaban J connectivity index is 0.000000310. The van der Waals surface area contributed by atoms with Crippen molar-refractivity contribution in [2.24, 2.45) is 0 Å². The summed E-state index contributed by atoms with van der Waals surface area (Å²) in [5, 5.41) is 0. The van der Waals surface area contributed by atoms with Crippen molar-refractivity contribution in [2.45, 2.75) is 40.5 Å². The van der Waals surface area contributed by atoms with E-state index in [-0.39, 0.29) is 7.43 Å². The molecule has 0 N–H and O–H groups in total. The SMILES string of the molecule is CC1=[C-]CC(C)=C1.CC1=[C-]CC(C)=C1.[CH3-].[Zr]=[CH]c1ccccc1. The van der Waals surface area contributed by atoms with E-state index in [0.717, 1.165) is 12.8 Å². The first-order valence-corrected chi connectivity index (χ1v) is 8.98. The molecule has 0 radical (unpaired) electrons. The molecule has 1 aromatic rings. The van der Waals surface area contributed by atoms with Gasteiger partial charge in [-0.3, -0.25) is 12.2 Å². The summed E-state index contributed by atoms with van der Waals surface area (Å²) < 4.78 is 2.17. The second kappa shape index (κ2) is 12.4. The third-order valence-electron chi connectivity index (χ3n) is 3.18. The number of rotatable bonds is 1. The fraction of sp³-hybridized carbons (Fsp3) is 0.273. The van der Waals surface area contributed by atoms with E-state index in [1.54, 1.807) is 0 Å². The third kappa shape index (κ3) is 10.3. The topological polar surface area (TPSA) is 0 Å². The molecule has 0 bridgehead atoms. The predicted octanol–water partition coefficient (Wildman–Crippen LogP) is 6.01. The first-order chi connectivity index (χ1) is 10.5. The van der Waals surface area contributed by atoms with Gasteiger partial charge >= 0.3 is 63.8 Å². The summed E-state index contributed by atoms with van der Waals surface area (Å²) in [7, 11) is 0. The number of hydrogen-bond acceptors (Lipinski definition) is 0. The molecule has 0 unspecified atom stereocenters. The predicted molar refractivity (Wildman–Crippen MR) is 99.6 cm³/mol. The van der Waals surface area contributed by atoms with Crippen LogP contribution in [-0.2, 0) is 24.2 Å². The van der Waals surface area contributed by atoms with Gasteiger partial charge in [-0.15, -0.1) is 12.8 Å². The molecule has 2 aliphatic rings. The molecular weight excluding hydrogens is 355 g/mol. The molecule has 0 saturated heterocycles. The molecule has 122 valence electrons. The molecule has 0 heterocycles. The Morgan fingerprint density at radius 1 is 0.826 bits per heavy atom. The van der Waals surface area contributed by atoms with Crippen molar-refractivity contribution in [2.75, 3.05) is 0 Å². The van der Waals surface area contributed by atoms with Gasteiger partial charge < -0.3 is 7.43 Å². The Morgan fingerprint density at radius 2 is 1.26 bits per heavy atom. The second-order valence-electron chi connectivity index (χ2n) is 5.61. The van der Waals surface area contributed by atoms with Gasteiger partial charge in [-0.1, -0.05) is 27.7 Å². The van der Waals surface area contributed by atoms with Crippen LogP contribution in [-0.4, -0.2) is 3.71 Å². The first-order valence-electron chi connectivity index (χ1n) is 7.56. The van der Waals surface area contributed by atoms with Crippen LogP contribution < -0.4 is 0 Å². The fourth-order valence-electron chi connectivity index (χ4n) is 2.05. The molecule has 0 fully saturated rings. The average molecular weight is 383 g/mol. The average Bonchev–Trinajstić information content (AvgIpc) is 3.08. The van der Waals surface area contributed by atoms with Crippen molar-refractivity contribution in [1.29, 1.82) is 0 Å². The quantitative estimate of drug-likeness (QED) is 0.522. The normalized spacial score (nSPS) is 14.6. The zero-order valence-corrected chi connectivity index (χ0v) is 17.5. The Hall–Kier alpha value is -1.07. The molecular formula is C22H27Zr-3. The van der Waals surface area contributed by atoms with Gasteiger partial charge in [0.05, 0.1) is 0 Å². The van der Waals surface area contributed by atoms with Gasteiger partial charge in [0.25, 0.3) is 0 Å². The zero-order valence-electron chi connectivity index (χ0n) is 15.0. The minimum atomic E-state index is 0. The van der Waals surface area contributed by atoms with Gasteiger partial charge in [0, 0.05) is 0 Å². The van der Waals surface area contributed by atoms with E-state index in [1.165, 1.54) is 52.1 Å². The molecule has 1 aromatic carbocycles. The number of benzene rings is 1. The summed E-state index contributed by atoms with van der Waals surface area (Å²) >= 11 is 1.46. The Kier molecular flexibility index (Phi) is 11.8. The van der Waals surface area contributed by atoms with Crippen LogP contribution in [0.5, 0.6) is 0 Å². The molecule has 0 saturated carbocycles. The van der Waals surface area contributed by atoms with Crippen LogP contribution in [0.1, 0.15) is 46.1 Å². The van der Waals surface area contributed by atoms with Gasteiger partial charge in [0.2, 0.25) is 0 Å².